The number of nitrogens with zero attached hydrogens (tertiary/aromatic N) is 1. The summed E-state index contributed by atoms with van der Waals surface area (Å²) in [6.07, 6.45) is 5.28. The van der Waals surface area contributed by atoms with Crippen LogP contribution in [-0.2, 0) is 14.6 Å². The van der Waals surface area contributed by atoms with Crippen LogP contribution in [0.15, 0.2) is 24.3 Å². The summed E-state index contributed by atoms with van der Waals surface area (Å²) in [6.45, 7) is 3.76. The average molecular weight is 362 g/mol. The first-order chi connectivity index (χ1) is 10.7. The number of hydrogen-bond acceptors (Lipinski definition) is 3. The number of anilines is 1. The first-order valence-electron chi connectivity index (χ1n) is 7.61. The van der Waals surface area contributed by atoms with Gasteiger partial charge in [0, 0.05) is 7.05 Å². The van der Waals surface area contributed by atoms with Gasteiger partial charge in [-0.15, -0.1) is 0 Å². The predicted molar refractivity (Wildman–Crippen MR) is 93.4 cm³/mol. The first-order valence-corrected chi connectivity index (χ1v) is 10.8. The molecule has 0 bridgehead atoms. The number of benzene rings is 1. The van der Waals surface area contributed by atoms with E-state index in [1.54, 1.807) is 6.07 Å². The highest BCUT2D eigenvalue weighted by Crippen LogP contribution is 2.37. The molecule has 131 valence electrons. The second-order valence-electron chi connectivity index (χ2n) is 5.44. The lowest BCUT2D eigenvalue weighted by Gasteiger charge is -2.22. The zero-order valence-corrected chi connectivity index (χ0v) is 15.1. The molecule has 23 heavy (non-hydrogen) atoms. The second kappa shape index (κ2) is 8.83. The van der Waals surface area contributed by atoms with E-state index in [0.29, 0.717) is 6.42 Å². The highest BCUT2D eigenvalue weighted by atomic mass is 32.2. The fraction of sp³-hybridized carbons (Fsp3) is 0.533. The minimum atomic E-state index is -4.54. The van der Waals surface area contributed by atoms with E-state index in [0.717, 1.165) is 36.4 Å². The number of hydrogen-bond donors (Lipinski definition) is 2. The van der Waals surface area contributed by atoms with E-state index in [1.165, 1.54) is 25.2 Å². The van der Waals surface area contributed by atoms with Crippen molar-refractivity contribution >= 4 is 28.6 Å². The molecule has 0 atom stereocenters. The summed E-state index contributed by atoms with van der Waals surface area (Å²) >= 11 is 0. The lowest BCUT2D eigenvalue weighted by molar-refractivity contribution is 0.387. The van der Waals surface area contributed by atoms with E-state index in [9.17, 15) is 22.8 Å². The predicted octanol–water partition coefficient (Wildman–Crippen LogP) is 2.43. The van der Waals surface area contributed by atoms with Crippen LogP contribution in [0.5, 0.6) is 0 Å². The third-order valence-corrected chi connectivity index (χ3v) is 6.45. The van der Waals surface area contributed by atoms with Gasteiger partial charge in [-0.1, -0.05) is 51.2 Å². The van der Waals surface area contributed by atoms with Gasteiger partial charge in [-0.05, 0) is 18.6 Å². The molecule has 1 rings (SSSR count). The maximum Gasteiger partial charge on any atom is 0.358 e. The van der Waals surface area contributed by atoms with Crippen molar-refractivity contribution in [3.63, 3.8) is 0 Å². The Morgan fingerprint density at radius 2 is 1.65 bits per heavy atom. The van der Waals surface area contributed by atoms with Crippen LogP contribution in [0.4, 0.5) is 5.69 Å². The maximum absolute atomic E-state index is 12.4. The van der Waals surface area contributed by atoms with Gasteiger partial charge in [-0.25, -0.2) is 8.42 Å². The van der Waals surface area contributed by atoms with Crippen LogP contribution in [0.2, 0.25) is 0 Å². The molecule has 2 N–H and O–H groups in total. The summed E-state index contributed by atoms with van der Waals surface area (Å²) < 4.78 is 37.2. The van der Waals surface area contributed by atoms with Crippen molar-refractivity contribution in [2.24, 2.45) is 0 Å². The molecule has 0 unspecified atom stereocenters. The Labute approximate surface area is 138 Å². The minimum Gasteiger partial charge on any atom is -0.321 e. The molecule has 8 heteroatoms. The lowest BCUT2D eigenvalue weighted by atomic mass is 10.1. The van der Waals surface area contributed by atoms with Gasteiger partial charge in [0.2, 0.25) is 10.0 Å². The molecular formula is C15H25NO5PS. The van der Waals surface area contributed by atoms with Crippen molar-refractivity contribution in [3.8, 4) is 0 Å². The van der Waals surface area contributed by atoms with Crippen molar-refractivity contribution < 1.29 is 22.8 Å². The van der Waals surface area contributed by atoms with Gasteiger partial charge in [0.25, 0.3) is 0 Å². The summed E-state index contributed by atoms with van der Waals surface area (Å²) in [7, 11) is -6.82. The molecule has 0 aliphatic heterocycles. The molecule has 6 nitrogen and oxygen atoms in total. The summed E-state index contributed by atoms with van der Waals surface area (Å²) in [5.74, 6) is -0.0383. The van der Waals surface area contributed by atoms with Gasteiger partial charge in [0.1, 0.15) is 0 Å². The molecule has 0 aromatic heterocycles. The van der Waals surface area contributed by atoms with Crippen molar-refractivity contribution in [2.75, 3.05) is 17.1 Å². The number of sulfonamides is 1. The molecule has 0 heterocycles. The standard InChI is InChI=1S/C15H25NO5PS/c1-3-4-5-6-7-10-13-23(20,21)16(2)14-11-8-9-12-15(14)22(17,18)19/h8-9,11-12H,1,3-7,10,13H2,2H3,(H2,17,18,19). The zero-order chi connectivity index (χ0) is 17.5. The average Bonchev–Trinajstić information content (AvgIpc) is 2.49. The van der Waals surface area contributed by atoms with Crippen molar-refractivity contribution in [1.29, 1.82) is 0 Å². The largest absolute Gasteiger partial charge is 0.358 e. The van der Waals surface area contributed by atoms with E-state index in [2.05, 4.69) is 6.92 Å². The monoisotopic (exact) mass is 362 g/mol. The third kappa shape index (κ3) is 6.26. The fourth-order valence-electron chi connectivity index (χ4n) is 2.26. The molecular weight excluding hydrogens is 337 g/mol. The second-order valence-corrected chi connectivity index (χ2v) is 9.13. The maximum atomic E-state index is 12.4. The minimum absolute atomic E-state index is 0.0258. The molecule has 1 aromatic rings. The van der Waals surface area contributed by atoms with E-state index in [4.69, 9.17) is 0 Å². The van der Waals surface area contributed by atoms with Gasteiger partial charge in [-0.3, -0.25) is 8.87 Å². The Bertz CT molecular complexity index is 641. The topological polar surface area (TPSA) is 94.9 Å². The Morgan fingerprint density at radius 3 is 2.26 bits per heavy atom. The molecule has 0 saturated heterocycles. The SMILES string of the molecule is [CH2]CCCCCCCS(=O)(=O)N(C)c1ccccc1P(=O)(O)O. The quantitative estimate of drug-likeness (QED) is 0.492. The van der Waals surface area contributed by atoms with E-state index in [-0.39, 0.29) is 16.7 Å². The third-order valence-electron chi connectivity index (χ3n) is 3.60. The van der Waals surface area contributed by atoms with E-state index in [1.807, 2.05) is 0 Å². The summed E-state index contributed by atoms with van der Waals surface area (Å²) in [5.41, 5.74) is 0.0258. The van der Waals surface area contributed by atoms with E-state index < -0.39 is 17.6 Å². The molecule has 0 fully saturated rings. The zero-order valence-electron chi connectivity index (χ0n) is 13.4. The molecule has 0 saturated carbocycles. The molecule has 0 amide bonds. The van der Waals surface area contributed by atoms with Gasteiger partial charge >= 0.3 is 7.60 Å². The van der Waals surface area contributed by atoms with Gasteiger partial charge < -0.3 is 9.79 Å². The van der Waals surface area contributed by atoms with Crippen LogP contribution < -0.4 is 9.61 Å². The number of rotatable bonds is 10. The summed E-state index contributed by atoms with van der Waals surface area (Å²) in [4.78, 5) is 18.7. The van der Waals surface area contributed by atoms with E-state index >= 15 is 0 Å². The van der Waals surface area contributed by atoms with Crippen LogP contribution in [0.25, 0.3) is 0 Å². The Morgan fingerprint density at radius 1 is 1.09 bits per heavy atom. The highest BCUT2D eigenvalue weighted by molar-refractivity contribution is 7.92. The van der Waals surface area contributed by atoms with Crippen LogP contribution in [-0.4, -0.2) is 31.0 Å². The summed E-state index contributed by atoms with van der Waals surface area (Å²) in [6, 6.07) is 5.68. The Hall–Kier alpha value is -0.880. The Kier molecular flexibility index (Phi) is 7.74. The smallest absolute Gasteiger partial charge is 0.321 e. The summed E-state index contributed by atoms with van der Waals surface area (Å²) in [5, 5.41) is -0.276. The number of unbranched alkanes of at least 4 members (excludes halogenated alkanes) is 5. The molecule has 0 spiro atoms. The van der Waals surface area contributed by atoms with Crippen molar-refractivity contribution in [3.05, 3.63) is 31.2 Å². The molecule has 1 radical (unpaired) electrons. The highest BCUT2D eigenvalue weighted by Gasteiger charge is 2.27. The molecule has 0 aliphatic rings. The van der Waals surface area contributed by atoms with Gasteiger partial charge in [0.15, 0.2) is 0 Å². The normalized spacial score (nSPS) is 12.3. The van der Waals surface area contributed by atoms with Gasteiger partial charge in [-0.2, -0.15) is 0 Å². The fourth-order valence-corrected chi connectivity index (χ4v) is 4.43. The van der Waals surface area contributed by atoms with Crippen molar-refractivity contribution in [1.82, 2.24) is 0 Å². The Balaban J connectivity index is 2.76. The van der Waals surface area contributed by atoms with Crippen molar-refractivity contribution in [2.45, 2.75) is 38.5 Å². The lowest BCUT2D eigenvalue weighted by Crippen LogP contribution is -2.32. The molecule has 0 aliphatic carbocycles. The molecule has 1 aromatic carbocycles. The van der Waals surface area contributed by atoms with Gasteiger partial charge in [0.05, 0.1) is 16.7 Å². The van der Waals surface area contributed by atoms with Crippen LogP contribution in [0.3, 0.4) is 0 Å². The van der Waals surface area contributed by atoms with Crippen LogP contribution in [0.1, 0.15) is 38.5 Å². The number of para-hydroxylation sites is 1. The van der Waals surface area contributed by atoms with Crippen LogP contribution >= 0.6 is 7.60 Å². The first kappa shape index (κ1) is 20.2. The van der Waals surface area contributed by atoms with Crippen LogP contribution in [0, 0.1) is 6.92 Å².